The van der Waals surface area contributed by atoms with E-state index in [0.717, 1.165) is 43.0 Å². The Labute approximate surface area is 222 Å². The topological polar surface area (TPSA) is 131 Å². The second kappa shape index (κ2) is 10.2. The number of fused-ring (bicyclic) bond motifs is 5. The minimum atomic E-state index is -1.21. The number of carboxylic acids is 1. The van der Waals surface area contributed by atoms with Gasteiger partial charge in [-0.3, -0.25) is 24.3 Å². The molecule has 2 aliphatic heterocycles. The fourth-order valence-electron chi connectivity index (χ4n) is 8.22. The number of primary amides is 1. The molecule has 4 unspecified atom stereocenters. The van der Waals surface area contributed by atoms with Gasteiger partial charge in [0.15, 0.2) is 11.4 Å². The fraction of sp³-hybridized carbons (Fsp3) is 0.621. The Morgan fingerprint density at radius 2 is 1.58 bits per heavy atom. The second-order valence-electron chi connectivity index (χ2n) is 11.9. The molecule has 3 heterocycles. The number of hydrogen-bond donors (Lipinski definition) is 2. The molecule has 4 bridgehead atoms. The highest BCUT2D eigenvalue weighted by molar-refractivity contribution is 6.44. The molecular weight excluding hydrogens is 482 g/mol. The summed E-state index contributed by atoms with van der Waals surface area (Å²) in [6.45, 7) is -0.655. The number of carbonyl (C=O) groups excluding carboxylic acids is 1. The molecule has 0 radical (unpaired) electrons. The minimum Gasteiger partial charge on any atom is -0.480 e. The van der Waals surface area contributed by atoms with Crippen molar-refractivity contribution in [3.8, 4) is 0 Å². The third kappa shape index (κ3) is 4.65. The van der Waals surface area contributed by atoms with Crippen LogP contribution in [0.1, 0.15) is 82.4 Å². The van der Waals surface area contributed by atoms with Crippen LogP contribution in [-0.2, 0) is 9.59 Å². The predicted octanol–water partition coefficient (Wildman–Crippen LogP) is 3.28. The minimum absolute atomic E-state index is 0.0302. The SMILES string of the molecule is NC(=O)C(=NCC(=O)O)c1nc2ccccc2n(C2CC3CCC[C@H](C2)N3C2CC3CCCC(C3)C2)c1=O. The first-order valence-electron chi connectivity index (χ1n) is 14.2. The van der Waals surface area contributed by atoms with E-state index >= 15 is 0 Å². The molecule has 4 aliphatic rings. The van der Waals surface area contributed by atoms with Crippen molar-refractivity contribution in [3.63, 3.8) is 0 Å². The van der Waals surface area contributed by atoms with Crippen molar-refractivity contribution in [2.24, 2.45) is 22.6 Å². The summed E-state index contributed by atoms with van der Waals surface area (Å²) in [5, 5.41) is 9.10. The van der Waals surface area contributed by atoms with Gasteiger partial charge in [0, 0.05) is 24.2 Å². The van der Waals surface area contributed by atoms with Crippen LogP contribution in [0.3, 0.4) is 0 Å². The molecule has 1 aromatic carbocycles. The van der Waals surface area contributed by atoms with E-state index in [9.17, 15) is 14.4 Å². The van der Waals surface area contributed by atoms with Crippen LogP contribution in [0.15, 0.2) is 34.1 Å². The molecule has 5 atom stereocenters. The van der Waals surface area contributed by atoms with Crippen molar-refractivity contribution >= 4 is 28.6 Å². The third-order valence-corrected chi connectivity index (χ3v) is 9.52. The van der Waals surface area contributed by atoms with Crippen molar-refractivity contribution in [2.45, 2.75) is 94.8 Å². The van der Waals surface area contributed by atoms with Crippen LogP contribution in [0.4, 0.5) is 0 Å². The lowest BCUT2D eigenvalue weighted by Gasteiger charge is -2.55. The van der Waals surface area contributed by atoms with E-state index in [-0.39, 0.29) is 17.4 Å². The second-order valence-corrected chi connectivity index (χ2v) is 11.9. The Hall–Kier alpha value is -3.07. The van der Waals surface area contributed by atoms with Gasteiger partial charge < -0.3 is 15.4 Å². The number of aliphatic carboxylic acids is 1. The Morgan fingerprint density at radius 1 is 0.921 bits per heavy atom. The van der Waals surface area contributed by atoms with Crippen molar-refractivity contribution in [2.75, 3.05) is 6.54 Å². The molecule has 2 saturated carbocycles. The molecule has 38 heavy (non-hydrogen) atoms. The summed E-state index contributed by atoms with van der Waals surface area (Å²) in [4.78, 5) is 48.5. The van der Waals surface area contributed by atoms with Crippen molar-refractivity contribution < 1.29 is 14.7 Å². The maximum atomic E-state index is 14.0. The quantitative estimate of drug-likeness (QED) is 0.563. The van der Waals surface area contributed by atoms with E-state index in [2.05, 4.69) is 14.9 Å². The summed E-state index contributed by atoms with van der Waals surface area (Å²) in [6, 6.07) is 8.94. The summed E-state index contributed by atoms with van der Waals surface area (Å²) in [5.74, 6) is -0.417. The molecule has 2 aromatic rings. The first kappa shape index (κ1) is 25.2. The van der Waals surface area contributed by atoms with Gasteiger partial charge in [-0.1, -0.05) is 37.8 Å². The first-order chi connectivity index (χ1) is 18.4. The van der Waals surface area contributed by atoms with Crippen LogP contribution in [0.2, 0.25) is 0 Å². The standard InChI is InChI=1S/C29H37N5O4/c30-28(37)26(31-16-25(35)36)27-29(38)34(24-10-2-1-9-23(24)32-27)22-14-19-7-4-8-20(15-22)33(19)21-12-17-5-3-6-18(11-17)13-21/h1-2,9-10,17-22H,3-8,11-16H2,(H2,30,37)(H,35,36)/t17?,18?,19-,20?,21?,22?/m1/s1. The van der Waals surface area contributed by atoms with E-state index in [0.29, 0.717) is 23.6 Å². The van der Waals surface area contributed by atoms with E-state index < -0.39 is 24.0 Å². The Balaban J connectivity index is 1.37. The number of hydrogen-bond acceptors (Lipinski definition) is 6. The highest BCUT2D eigenvalue weighted by Crippen LogP contribution is 2.47. The zero-order chi connectivity index (χ0) is 26.4. The van der Waals surface area contributed by atoms with E-state index in [1.54, 1.807) is 10.6 Å². The summed E-state index contributed by atoms with van der Waals surface area (Å²) >= 11 is 0. The Morgan fingerprint density at radius 3 is 2.24 bits per heavy atom. The Bertz CT molecular complexity index is 1310. The normalized spacial score (nSPS) is 31.7. The number of para-hydroxylation sites is 2. The monoisotopic (exact) mass is 519 g/mol. The number of piperidine rings is 2. The molecule has 2 saturated heterocycles. The molecule has 202 valence electrons. The number of carbonyl (C=O) groups is 2. The lowest BCUT2D eigenvalue weighted by atomic mass is 9.68. The average Bonchev–Trinajstić information content (AvgIpc) is 2.87. The smallest absolute Gasteiger partial charge is 0.325 e. The predicted molar refractivity (Wildman–Crippen MR) is 144 cm³/mol. The van der Waals surface area contributed by atoms with Crippen LogP contribution in [0.25, 0.3) is 11.0 Å². The number of nitrogens with zero attached hydrogens (tertiary/aromatic N) is 4. The molecule has 1 amide bonds. The molecule has 0 spiro atoms. The third-order valence-electron chi connectivity index (χ3n) is 9.52. The van der Waals surface area contributed by atoms with Gasteiger partial charge in [0.2, 0.25) is 0 Å². The maximum Gasteiger partial charge on any atom is 0.325 e. The van der Waals surface area contributed by atoms with Crippen LogP contribution in [0, 0.1) is 11.8 Å². The number of rotatable bonds is 6. The van der Waals surface area contributed by atoms with Crippen LogP contribution >= 0.6 is 0 Å². The van der Waals surface area contributed by atoms with Gasteiger partial charge in [-0.05, 0) is 68.9 Å². The van der Waals surface area contributed by atoms with Crippen molar-refractivity contribution in [1.82, 2.24) is 14.5 Å². The number of carboxylic acid groups (broad SMARTS) is 1. The number of nitrogens with two attached hydrogens (primary N) is 1. The van der Waals surface area contributed by atoms with Gasteiger partial charge >= 0.3 is 5.97 Å². The van der Waals surface area contributed by atoms with Crippen LogP contribution < -0.4 is 11.3 Å². The van der Waals surface area contributed by atoms with Gasteiger partial charge in [-0.2, -0.15) is 0 Å². The molecule has 2 aliphatic carbocycles. The molecule has 9 nitrogen and oxygen atoms in total. The zero-order valence-corrected chi connectivity index (χ0v) is 21.8. The van der Waals surface area contributed by atoms with E-state index in [4.69, 9.17) is 10.8 Å². The van der Waals surface area contributed by atoms with Gasteiger partial charge in [0.05, 0.1) is 11.0 Å². The molecule has 1 aromatic heterocycles. The van der Waals surface area contributed by atoms with Gasteiger partial charge in [0.25, 0.3) is 11.5 Å². The van der Waals surface area contributed by atoms with Gasteiger partial charge in [-0.25, -0.2) is 4.98 Å². The van der Waals surface area contributed by atoms with Gasteiger partial charge in [-0.15, -0.1) is 0 Å². The summed E-state index contributed by atoms with van der Waals surface area (Å²) < 4.78 is 1.80. The van der Waals surface area contributed by atoms with Crippen molar-refractivity contribution in [3.05, 3.63) is 40.3 Å². The molecule has 4 fully saturated rings. The zero-order valence-electron chi connectivity index (χ0n) is 21.8. The average molecular weight is 520 g/mol. The highest BCUT2D eigenvalue weighted by atomic mass is 16.4. The molecular formula is C29H37N5O4. The summed E-state index contributed by atoms with van der Waals surface area (Å²) in [6.07, 6.45) is 13.5. The highest BCUT2D eigenvalue weighted by Gasteiger charge is 2.45. The number of aromatic nitrogens is 2. The largest absolute Gasteiger partial charge is 0.480 e. The van der Waals surface area contributed by atoms with Crippen molar-refractivity contribution in [1.29, 1.82) is 0 Å². The fourth-order valence-corrected chi connectivity index (χ4v) is 8.22. The lowest BCUT2D eigenvalue weighted by Crippen LogP contribution is -2.58. The number of benzene rings is 1. The van der Waals surface area contributed by atoms with E-state index in [1.165, 1.54) is 44.9 Å². The summed E-state index contributed by atoms with van der Waals surface area (Å²) in [5.41, 5.74) is 5.90. The first-order valence-corrected chi connectivity index (χ1v) is 14.2. The van der Waals surface area contributed by atoms with Crippen LogP contribution in [-0.4, -0.2) is 61.8 Å². The number of amides is 1. The van der Waals surface area contributed by atoms with Crippen LogP contribution in [0.5, 0.6) is 0 Å². The van der Waals surface area contributed by atoms with Gasteiger partial charge in [0.1, 0.15) is 6.54 Å². The molecule has 9 heteroatoms. The molecule has 6 rings (SSSR count). The summed E-state index contributed by atoms with van der Waals surface area (Å²) in [7, 11) is 0. The Kier molecular flexibility index (Phi) is 6.80. The lowest BCUT2D eigenvalue weighted by molar-refractivity contribution is -0.135. The number of aliphatic imine (C=N–C) groups is 1. The molecule has 3 N–H and O–H groups in total. The van der Waals surface area contributed by atoms with E-state index in [1.807, 2.05) is 18.2 Å². The maximum absolute atomic E-state index is 14.0.